The molecule has 0 aliphatic carbocycles. The van der Waals surface area contributed by atoms with E-state index in [4.69, 9.17) is 4.74 Å². The van der Waals surface area contributed by atoms with Crippen molar-refractivity contribution < 1.29 is 4.74 Å². The molecule has 0 spiro atoms. The molecular formula is C21H27N5O. The Balaban J connectivity index is 1.42. The van der Waals surface area contributed by atoms with Gasteiger partial charge in [0.25, 0.3) is 0 Å². The van der Waals surface area contributed by atoms with Gasteiger partial charge in [-0.25, -0.2) is 4.98 Å². The summed E-state index contributed by atoms with van der Waals surface area (Å²) in [5.74, 6) is 2.67. The summed E-state index contributed by atoms with van der Waals surface area (Å²) in [4.78, 5) is 8.86. The lowest BCUT2D eigenvalue weighted by atomic mass is 10.2. The van der Waals surface area contributed by atoms with Crippen LogP contribution in [0.15, 0.2) is 53.5 Å². The average molecular weight is 365 g/mol. The van der Waals surface area contributed by atoms with E-state index in [2.05, 4.69) is 38.2 Å². The van der Waals surface area contributed by atoms with E-state index in [1.54, 1.807) is 7.05 Å². The second-order valence-corrected chi connectivity index (χ2v) is 6.39. The first-order valence-electron chi connectivity index (χ1n) is 9.23. The largest absolute Gasteiger partial charge is 0.492 e. The van der Waals surface area contributed by atoms with Gasteiger partial charge in [-0.2, -0.15) is 0 Å². The average Bonchev–Trinajstić information content (AvgIpc) is 3.00. The molecule has 3 rings (SSSR count). The van der Waals surface area contributed by atoms with Crippen LogP contribution in [-0.4, -0.2) is 42.3 Å². The number of guanidine groups is 1. The highest BCUT2D eigenvalue weighted by Gasteiger charge is 2.06. The van der Waals surface area contributed by atoms with Gasteiger partial charge >= 0.3 is 0 Å². The highest BCUT2D eigenvalue weighted by molar-refractivity contribution is 5.79. The zero-order valence-corrected chi connectivity index (χ0v) is 16.2. The minimum Gasteiger partial charge on any atom is -0.492 e. The maximum absolute atomic E-state index is 5.73. The topological polar surface area (TPSA) is 63.5 Å². The molecule has 0 fully saturated rings. The number of nitrogens with one attached hydrogen (secondary N) is 2. The van der Waals surface area contributed by atoms with E-state index in [1.165, 1.54) is 5.56 Å². The SMILES string of the molecule is CN=C(NCCOc1ccc(C)cc1)NCCn1c(C)nc2ccccc21. The predicted octanol–water partition coefficient (Wildman–Crippen LogP) is 2.90. The van der Waals surface area contributed by atoms with Gasteiger partial charge in [-0.05, 0) is 38.1 Å². The van der Waals surface area contributed by atoms with E-state index in [-0.39, 0.29) is 0 Å². The fraction of sp³-hybridized carbons (Fsp3) is 0.333. The van der Waals surface area contributed by atoms with Gasteiger partial charge in [0.15, 0.2) is 5.96 Å². The number of hydrogen-bond acceptors (Lipinski definition) is 3. The number of nitrogens with zero attached hydrogens (tertiary/aromatic N) is 3. The molecule has 142 valence electrons. The Bertz CT molecular complexity index is 899. The number of ether oxygens (including phenoxy) is 1. The number of imidazole rings is 1. The molecule has 0 unspecified atom stereocenters. The lowest BCUT2D eigenvalue weighted by Crippen LogP contribution is -2.40. The molecule has 6 heteroatoms. The first kappa shape index (κ1) is 18.8. The minimum absolute atomic E-state index is 0.578. The van der Waals surface area contributed by atoms with Crippen LogP contribution in [0.1, 0.15) is 11.4 Å². The van der Waals surface area contributed by atoms with Crippen molar-refractivity contribution in [3.05, 3.63) is 59.9 Å². The highest BCUT2D eigenvalue weighted by Crippen LogP contribution is 2.14. The molecule has 0 amide bonds. The number of rotatable bonds is 7. The first-order valence-corrected chi connectivity index (χ1v) is 9.23. The van der Waals surface area contributed by atoms with E-state index in [9.17, 15) is 0 Å². The molecule has 2 N–H and O–H groups in total. The molecule has 0 saturated carbocycles. The van der Waals surface area contributed by atoms with Crippen LogP contribution in [0.5, 0.6) is 5.75 Å². The summed E-state index contributed by atoms with van der Waals surface area (Å²) < 4.78 is 7.94. The molecule has 0 saturated heterocycles. The fourth-order valence-corrected chi connectivity index (χ4v) is 2.96. The molecule has 27 heavy (non-hydrogen) atoms. The number of aromatic nitrogens is 2. The van der Waals surface area contributed by atoms with Crippen LogP contribution in [0, 0.1) is 13.8 Å². The standard InChI is InChI=1S/C21H27N5O/c1-16-8-10-18(11-9-16)27-15-13-24-21(22-3)23-12-14-26-17(2)25-19-6-4-5-7-20(19)26/h4-11H,12-15H2,1-3H3,(H2,22,23,24). The molecule has 0 aliphatic rings. The van der Waals surface area contributed by atoms with Crippen LogP contribution in [-0.2, 0) is 6.54 Å². The quantitative estimate of drug-likeness (QED) is 0.384. The minimum atomic E-state index is 0.578. The third kappa shape index (κ3) is 5.00. The van der Waals surface area contributed by atoms with Crippen molar-refractivity contribution >= 4 is 17.0 Å². The van der Waals surface area contributed by atoms with Gasteiger partial charge in [0.05, 0.1) is 17.6 Å². The summed E-state index contributed by atoms with van der Waals surface area (Å²) in [5.41, 5.74) is 3.42. The number of aliphatic imine (C=N–C) groups is 1. The van der Waals surface area contributed by atoms with Crippen LogP contribution in [0.3, 0.4) is 0 Å². The van der Waals surface area contributed by atoms with Crippen LogP contribution in [0.25, 0.3) is 11.0 Å². The molecule has 0 radical (unpaired) electrons. The maximum Gasteiger partial charge on any atom is 0.191 e. The Morgan fingerprint density at radius 2 is 1.78 bits per heavy atom. The molecule has 3 aromatic rings. The van der Waals surface area contributed by atoms with E-state index >= 15 is 0 Å². The van der Waals surface area contributed by atoms with Crippen molar-refractivity contribution in [2.75, 3.05) is 26.7 Å². The van der Waals surface area contributed by atoms with Gasteiger partial charge in [0.2, 0.25) is 0 Å². The third-order valence-electron chi connectivity index (χ3n) is 4.38. The van der Waals surface area contributed by atoms with Gasteiger partial charge in [-0.15, -0.1) is 0 Å². The number of para-hydroxylation sites is 2. The second kappa shape index (κ2) is 9.07. The molecule has 2 aromatic carbocycles. The monoisotopic (exact) mass is 365 g/mol. The zero-order chi connectivity index (χ0) is 19.1. The Labute approximate surface area is 160 Å². The van der Waals surface area contributed by atoms with Crippen molar-refractivity contribution in [1.29, 1.82) is 0 Å². The number of benzene rings is 2. The van der Waals surface area contributed by atoms with Gasteiger partial charge < -0.3 is 19.9 Å². The molecule has 6 nitrogen and oxygen atoms in total. The lowest BCUT2D eigenvalue weighted by molar-refractivity contribution is 0.322. The lowest BCUT2D eigenvalue weighted by Gasteiger charge is -2.13. The second-order valence-electron chi connectivity index (χ2n) is 6.39. The van der Waals surface area contributed by atoms with Crippen LogP contribution in [0.4, 0.5) is 0 Å². The normalized spacial score (nSPS) is 11.6. The summed E-state index contributed by atoms with van der Waals surface area (Å²) in [6.45, 7) is 6.95. The van der Waals surface area contributed by atoms with Crippen LogP contribution < -0.4 is 15.4 Å². The van der Waals surface area contributed by atoms with E-state index < -0.39 is 0 Å². The smallest absolute Gasteiger partial charge is 0.191 e. The highest BCUT2D eigenvalue weighted by atomic mass is 16.5. The van der Waals surface area contributed by atoms with Gasteiger partial charge in [0.1, 0.15) is 18.2 Å². The number of aryl methyl sites for hydroxylation is 2. The Morgan fingerprint density at radius 1 is 1.04 bits per heavy atom. The van der Waals surface area contributed by atoms with Crippen molar-refractivity contribution in [2.24, 2.45) is 4.99 Å². The summed E-state index contributed by atoms with van der Waals surface area (Å²) in [6.07, 6.45) is 0. The summed E-state index contributed by atoms with van der Waals surface area (Å²) in [7, 11) is 1.77. The van der Waals surface area contributed by atoms with Crippen molar-refractivity contribution in [2.45, 2.75) is 20.4 Å². The van der Waals surface area contributed by atoms with E-state index in [0.29, 0.717) is 13.2 Å². The molecule has 0 atom stereocenters. The third-order valence-corrected chi connectivity index (χ3v) is 4.38. The zero-order valence-electron chi connectivity index (χ0n) is 16.2. The van der Waals surface area contributed by atoms with Crippen molar-refractivity contribution in [3.8, 4) is 5.75 Å². The molecule has 1 heterocycles. The number of fused-ring (bicyclic) bond motifs is 1. The molecule has 1 aromatic heterocycles. The Hall–Kier alpha value is -3.02. The van der Waals surface area contributed by atoms with Gasteiger partial charge in [0, 0.05) is 20.1 Å². The van der Waals surface area contributed by atoms with Gasteiger partial charge in [-0.3, -0.25) is 4.99 Å². The van der Waals surface area contributed by atoms with E-state index in [0.717, 1.165) is 41.7 Å². The van der Waals surface area contributed by atoms with Crippen molar-refractivity contribution in [1.82, 2.24) is 20.2 Å². The summed E-state index contributed by atoms with van der Waals surface area (Å²) >= 11 is 0. The molecule has 0 bridgehead atoms. The predicted molar refractivity (Wildman–Crippen MR) is 111 cm³/mol. The summed E-state index contributed by atoms with van der Waals surface area (Å²) in [6, 6.07) is 16.3. The first-order chi connectivity index (χ1) is 13.2. The van der Waals surface area contributed by atoms with Crippen molar-refractivity contribution in [3.63, 3.8) is 0 Å². The van der Waals surface area contributed by atoms with Gasteiger partial charge in [-0.1, -0.05) is 29.8 Å². The van der Waals surface area contributed by atoms with Crippen LogP contribution in [0.2, 0.25) is 0 Å². The summed E-state index contributed by atoms with van der Waals surface area (Å²) in [5, 5.41) is 6.61. The maximum atomic E-state index is 5.73. The van der Waals surface area contributed by atoms with Crippen LogP contribution >= 0.6 is 0 Å². The Kier molecular flexibility index (Phi) is 6.30. The Morgan fingerprint density at radius 3 is 2.56 bits per heavy atom. The molecule has 0 aliphatic heterocycles. The molecular weight excluding hydrogens is 338 g/mol. The fourth-order valence-electron chi connectivity index (χ4n) is 2.96. The number of hydrogen-bond donors (Lipinski definition) is 2. The van der Waals surface area contributed by atoms with E-state index in [1.807, 2.05) is 49.4 Å².